The first-order valence-electron chi connectivity index (χ1n) is 10.5. The van der Waals surface area contributed by atoms with Gasteiger partial charge >= 0.3 is 6.09 Å². The zero-order valence-electron chi connectivity index (χ0n) is 18.4. The Morgan fingerprint density at radius 3 is 2.61 bits per heavy atom. The van der Waals surface area contributed by atoms with Crippen molar-refractivity contribution in [1.82, 2.24) is 5.32 Å². The van der Waals surface area contributed by atoms with Crippen molar-refractivity contribution in [1.29, 1.82) is 0 Å². The van der Waals surface area contributed by atoms with E-state index in [4.69, 9.17) is 4.74 Å². The molecule has 1 aliphatic heterocycles. The first-order valence-corrected chi connectivity index (χ1v) is 10.5. The third-order valence-corrected chi connectivity index (χ3v) is 5.37. The number of aryl methyl sites for hydroxylation is 1. The number of carbonyl (C=O) groups excluding carboxylic acids is 2. The van der Waals surface area contributed by atoms with Crippen molar-refractivity contribution in [2.75, 3.05) is 18.0 Å². The largest absolute Gasteiger partial charge is 1.00 e. The van der Waals surface area contributed by atoms with Gasteiger partial charge in [0.15, 0.2) is 18.9 Å². The lowest BCUT2D eigenvalue weighted by atomic mass is 10.1. The Labute approximate surface area is 202 Å². The minimum absolute atomic E-state index is 0. The smallest absolute Gasteiger partial charge is 0.414 e. The Morgan fingerprint density at radius 1 is 1.18 bits per heavy atom. The number of hydrogen-bond acceptors (Lipinski definition) is 3. The molecule has 6 nitrogen and oxygen atoms in total. The van der Waals surface area contributed by atoms with E-state index in [0.29, 0.717) is 11.3 Å². The summed E-state index contributed by atoms with van der Waals surface area (Å²) < 4.78 is 22.2. The zero-order chi connectivity index (χ0) is 22.7. The van der Waals surface area contributed by atoms with Gasteiger partial charge < -0.3 is 27.0 Å². The molecule has 0 aliphatic carbocycles. The zero-order valence-corrected chi connectivity index (χ0v) is 20.0. The Bertz CT molecular complexity index is 1150. The van der Waals surface area contributed by atoms with E-state index in [2.05, 4.69) is 30.4 Å². The third-order valence-electron chi connectivity index (χ3n) is 5.37. The van der Waals surface area contributed by atoms with Gasteiger partial charge in [0.2, 0.25) is 5.91 Å². The first-order chi connectivity index (χ1) is 15.4. The number of amides is 2. The number of hydrogen-bond donors (Lipinski definition) is 1. The highest BCUT2D eigenvalue weighted by molar-refractivity contribution is 5.90. The molecule has 0 radical (unpaired) electrons. The SMILES string of the molecule is CC(=O)NCC1CN(c2ccc(-c3cc[n+](Cc4cccc(C)c4)cc3)c(F)c2)C(=O)O1.[Br-]. The fourth-order valence-electron chi connectivity index (χ4n) is 3.77. The van der Waals surface area contributed by atoms with Crippen LogP contribution in [-0.2, 0) is 16.1 Å². The number of aromatic nitrogens is 1. The van der Waals surface area contributed by atoms with Crippen molar-refractivity contribution in [2.24, 2.45) is 0 Å². The number of benzene rings is 2. The van der Waals surface area contributed by atoms with Gasteiger partial charge in [-0.2, -0.15) is 0 Å². The van der Waals surface area contributed by atoms with Crippen molar-refractivity contribution in [3.05, 3.63) is 83.9 Å². The average molecular weight is 514 g/mol. The minimum atomic E-state index is -0.551. The van der Waals surface area contributed by atoms with Crippen molar-refractivity contribution in [2.45, 2.75) is 26.5 Å². The summed E-state index contributed by atoms with van der Waals surface area (Å²) in [5.41, 5.74) is 4.05. The molecular formula is C25H25BrFN3O3. The van der Waals surface area contributed by atoms with E-state index in [1.807, 2.05) is 35.2 Å². The molecule has 1 saturated heterocycles. The first kappa shape index (κ1) is 24.4. The van der Waals surface area contributed by atoms with E-state index >= 15 is 0 Å². The maximum atomic E-state index is 14.9. The molecule has 2 amide bonds. The number of halogens is 2. The fourth-order valence-corrected chi connectivity index (χ4v) is 3.77. The molecule has 1 N–H and O–H groups in total. The Morgan fingerprint density at radius 2 is 1.94 bits per heavy atom. The number of pyridine rings is 1. The van der Waals surface area contributed by atoms with Gasteiger partial charge in [-0.25, -0.2) is 13.8 Å². The van der Waals surface area contributed by atoms with E-state index in [9.17, 15) is 14.0 Å². The van der Waals surface area contributed by atoms with Gasteiger partial charge in [0, 0.05) is 30.2 Å². The summed E-state index contributed by atoms with van der Waals surface area (Å²) in [5, 5.41) is 2.63. The molecule has 0 spiro atoms. The standard InChI is InChI=1S/C25H24FN3O3.BrH/c1-17-4-3-5-19(12-17)15-28-10-8-20(9-11-28)23-7-6-21(13-24(23)26)29-16-22(32-25(29)31)14-27-18(2)30;/h3-13,22H,14-16H2,1-2H3;1H. The quantitative estimate of drug-likeness (QED) is 0.491. The Balaban J connectivity index is 0.00000306. The summed E-state index contributed by atoms with van der Waals surface area (Å²) in [4.78, 5) is 24.6. The maximum Gasteiger partial charge on any atom is 0.414 e. The lowest BCUT2D eigenvalue weighted by Crippen LogP contribution is -3.00. The van der Waals surface area contributed by atoms with Crippen LogP contribution in [0.25, 0.3) is 11.1 Å². The molecule has 1 unspecified atom stereocenters. The number of anilines is 1. The lowest BCUT2D eigenvalue weighted by molar-refractivity contribution is -0.688. The van der Waals surface area contributed by atoms with Crippen molar-refractivity contribution in [3.63, 3.8) is 0 Å². The molecule has 4 rings (SSSR count). The fraction of sp³-hybridized carbons (Fsp3) is 0.240. The predicted octanol–water partition coefficient (Wildman–Crippen LogP) is 0.602. The van der Waals surface area contributed by atoms with Crippen LogP contribution in [0, 0.1) is 12.7 Å². The molecule has 1 fully saturated rings. The van der Waals surface area contributed by atoms with E-state index < -0.39 is 18.0 Å². The number of carbonyl (C=O) groups is 2. The molecule has 1 aromatic heterocycles. The summed E-state index contributed by atoms with van der Waals surface area (Å²) in [6, 6.07) is 16.8. The highest BCUT2D eigenvalue weighted by Crippen LogP contribution is 2.28. The molecule has 2 aromatic carbocycles. The topological polar surface area (TPSA) is 62.5 Å². The summed E-state index contributed by atoms with van der Waals surface area (Å²) in [7, 11) is 0. The molecule has 0 bridgehead atoms. The predicted molar refractivity (Wildman–Crippen MR) is 119 cm³/mol. The average Bonchev–Trinajstić information content (AvgIpc) is 3.13. The van der Waals surface area contributed by atoms with Gasteiger partial charge in [-0.1, -0.05) is 23.8 Å². The number of rotatable bonds is 6. The van der Waals surface area contributed by atoms with E-state index in [0.717, 1.165) is 12.1 Å². The molecule has 2 heterocycles. The summed E-state index contributed by atoms with van der Waals surface area (Å²) in [5.74, 6) is -0.616. The Kier molecular flexibility index (Phi) is 7.81. The number of cyclic esters (lactones) is 1. The maximum absolute atomic E-state index is 14.9. The normalized spacial score (nSPS) is 15.1. The number of ether oxygens (including phenoxy) is 1. The van der Waals surface area contributed by atoms with E-state index in [1.165, 1.54) is 29.0 Å². The molecule has 33 heavy (non-hydrogen) atoms. The van der Waals surface area contributed by atoms with Crippen LogP contribution in [0.4, 0.5) is 14.9 Å². The summed E-state index contributed by atoms with van der Waals surface area (Å²) >= 11 is 0. The van der Waals surface area contributed by atoms with Gasteiger partial charge in [-0.05, 0) is 36.8 Å². The van der Waals surface area contributed by atoms with Gasteiger partial charge in [0.25, 0.3) is 0 Å². The molecular weight excluding hydrogens is 489 g/mol. The monoisotopic (exact) mass is 513 g/mol. The molecule has 8 heteroatoms. The summed E-state index contributed by atoms with van der Waals surface area (Å²) in [6.07, 6.45) is 2.84. The van der Waals surface area contributed by atoms with Crippen LogP contribution in [0.3, 0.4) is 0 Å². The molecule has 1 aliphatic rings. The Hall–Kier alpha value is -3.26. The molecule has 3 aromatic rings. The number of nitrogens with zero attached hydrogens (tertiary/aromatic N) is 2. The van der Waals surface area contributed by atoms with E-state index in [1.54, 1.807) is 12.1 Å². The molecule has 1 atom stereocenters. The van der Waals surface area contributed by atoms with Crippen molar-refractivity contribution < 1.29 is 40.3 Å². The van der Waals surface area contributed by atoms with Crippen LogP contribution < -0.4 is 31.8 Å². The van der Waals surface area contributed by atoms with Crippen LogP contribution in [0.5, 0.6) is 0 Å². The van der Waals surface area contributed by atoms with Gasteiger partial charge in [0.05, 0.1) is 18.8 Å². The summed E-state index contributed by atoms with van der Waals surface area (Å²) in [6.45, 7) is 4.68. The van der Waals surface area contributed by atoms with Crippen LogP contribution >= 0.6 is 0 Å². The third kappa shape index (κ3) is 5.96. The second-order valence-corrected chi connectivity index (χ2v) is 7.97. The highest BCUT2D eigenvalue weighted by atomic mass is 79.9. The second-order valence-electron chi connectivity index (χ2n) is 7.97. The van der Waals surface area contributed by atoms with Crippen LogP contribution in [-0.4, -0.2) is 31.2 Å². The van der Waals surface area contributed by atoms with Gasteiger partial charge in [-0.15, -0.1) is 0 Å². The minimum Gasteiger partial charge on any atom is -1.00 e. The van der Waals surface area contributed by atoms with Crippen LogP contribution in [0.15, 0.2) is 67.0 Å². The second kappa shape index (κ2) is 10.6. The molecule has 172 valence electrons. The van der Waals surface area contributed by atoms with Crippen LogP contribution in [0.1, 0.15) is 18.1 Å². The van der Waals surface area contributed by atoms with Crippen LogP contribution in [0.2, 0.25) is 0 Å². The van der Waals surface area contributed by atoms with Gasteiger partial charge in [0.1, 0.15) is 11.9 Å². The van der Waals surface area contributed by atoms with Gasteiger partial charge in [-0.3, -0.25) is 9.69 Å². The highest BCUT2D eigenvalue weighted by Gasteiger charge is 2.32. The van der Waals surface area contributed by atoms with Crippen molar-refractivity contribution in [3.8, 4) is 11.1 Å². The number of nitrogens with one attached hydrogen (secondary N) is 1. The molecule has 0 saturated carbocycles. The van der Waals surface area contributed by atoms with E-state index in [-0.39, 0.29) is 36.0 Å². The van der Waals surface area contributed by atoms with Crippen molar-refractivity contribution >= 4 is 17.7 Å². The lowest BCUT2D eigenvalue weighted by Gasteiger charge is -2.14.